The zero-order valence-electron chi connectivity index (χ0n) is 5.72. The van der Waals surface area contributed by atoms with Crippen LogP contribution in [0.4, 0.5) is 5.69 Å². The average Bonchev–Trinajstić information content (AvgIpc) is 1.88. The summed E-state index contributed by atoms with van der Waals surface area (Å²) in [6.45, 7) is 1.48. The largest absolute Gasteiger partial charge is 0.321 e. The van der Waals surface area contributed by atoms with Crippen molar-refractivity contribution in [3.05, 3.63) is 24.5 Å². The van der Waals surface area contributed by atoms with Gasteiger partial charge in [0.05, 0.1) is 0 Å². The van der Waals surface area contributed by atoms with E-state index in [0.29, 0.717) is 0 Å². The zero-order valence-corrected chi connectivity index (χ0v) is 5.72. The van der Waals surface area contributed by atoms with Gasteiger partial charge in [-0.3, -0.25) is 4.79 Å². The highest BCUT2D eigenvalue weighted by Crippen LogP contribution is 1.98. The van der Waals surface area contributed by atoms with Gasteiger partial charge in [-0.2, -0.15) is 0 Å². The molecule has 0 aromatic carbocycles. The third kappa shape index (κ3) is 1.85. The van der Waals surface area contributed by atoms with E-state index in [4.69, 9.17) is 0 Å². The Hall–Kier alpha value is -1.38. The minimum atomic E-state index is -0.0559. The molecule has 10 heavy (non-hydrogen) atoms. The smallest absolute Gasteiger partial charge is 0.221 e. The number of anilines is 1. The van der Waals surface area contributed by atoms with Crippen molar-refractivity contribution in [2.75, 3.05) is 5.32 Å². The Morgan fingerprint density at radius 3 is 3.00 bits per heavy atom. The maximum atomic E-state index is 10.5. The monoisotopic (exact) mass is 137 g/mol. The summed E-state index contributed by atoms with van der Waals surface area (Å²) in [6, 6.07) is 3.64. The second kappa shape index (κ2) is 2.96. The van der Waals surface area contributed by atoms with E-state index >= 15 is 0 Å². The molecule has 0 fully saturated rings. The van der Waals surface area contributed by atoms with E-state index in [-0.39, 0.29) is 5.91 Å². The minimum absolute atomic E-state index is 0.0559. The molecule has 0 spiro atoms. The summed E-state index contributed by atoms with van der Waals surface area (Å²) < 4.78 is 0. The minimum Gasteiger partial charge on any atom is -0.321 e. The summed E-state index contributed by atoms with van der Waals surface area (Å²) >= 11 is 0. The Morgan fingerprint density at radius 2 is 2.50 bits per heavy atom. The Kier molecular flexibility index (Phi) is 1.99. The number of aromatic amines is 1. The second-order valence-electron chi connectivity index (χ2n) is 1.97. The molecular weight excluding hydrogens is 128 g/mol. The predicted molar refractivity (Wildman–Crippen MR) is 37.3 cm³/mol. The first-order valence-corrected chi connectivity index (χ1v) is 3.03. The molecule has 2 N–H and O–H groups in total. The number of amides is 1. The molecule has 0 saturated carbocycles. The lowest BCUT2D eigenvalue weighted by molar-refractivity contribution is -0.377. The topological polar surface area (TPSA) is 43.2 Å². The van der Waals surface area contributed by atoms with Crippen molar-refractivity contribution >= 4 is 11.6 Å². The molecule has 1 aromatic rings. The fourth-order valence-corrected chi connectivity index (χ4v) is 0.674. The summed E-state index contributed by atoms with van der Waals surface area (Å²) in [5, 5.41) is 2.63. The SMILES string of the molecule is CC(=O)Nc1ccc[nH+]c1. The van der Waals surface area contributed by atoms with Crippen molar-refractivity contribution in [3.8, 4) is 0 Å². The van der Waals surface area contributed by atoms with Gasteiger partial charge in [-0.25, -0.2) is 4.98 Å². The van der Waals surface area contributed by atoms with E-state index in [9.17, 15) is 4.79 Å². The van der Waals surface area contributed by atoms with Crippen LogP contribution < -0.4 is 10.3 Å². The van der Waals surface area contributed by atoms with Crippen molar-refractivity contribution in [3.63, 3.8) is 0 Å². The zero-order chi connectivity index (χ0) is 7.40. The van der Waals surface area contributed by atoms with E-state index in [1.54, 1.807) is 12.4 Å². The molecule has 1 amide bonds. The Balaban J connectivity index is 2.67. The first kappa shape index (κ1) is 6.74. The molecule has 52 valence electrons. The van der Waals surface area contributed by atoms with Crippen LogP contribution in [0.15, 0.2) is 24.5 Å². The van der Waals surface area contributed by atoms with Crippen LogP contribution in [0.1, 0.15) is 6.92 Å². The Labute approximate surface area is 59.1 Å². The van der Waals surface area contributed by atoms with E-state index in [2.05, 4.69) is 10.3 Å². The van der Waals surface area contributed by atoms with Crippen LogP contribution in [0.25, 0.3) is 0 Å². The Morgan fingerprint density at radius 1 is 1.70 bits per heavy atom. The summed E-state index contributed by atoms with van der Waals surface area (Å²) in [7, 11) is 0. The molecule has 0 saturated heterocycles. The van der Waals surface area contributed by atoms with Crippen molar-refractivity contribution in [1.82, 2.24) is 0 Å². The normalized spacial score (nSPS) is 8.90. The molecular formula is C7H9N2O+. The molecule has 0 unspecified atom stereocenters. The van der Waals surface area contributed by atoms with Gasteiger partial charge >= 0.3 is 0 Å². The summed E-state index contributed by atoms with van der Waals surface area (Å²) in [4.78, 5) is 13.3. The van der Waals surface area contributed by atoms with Gasteiger partial charge in [-0.15, -0.1) is 0 Å². The third-order valence-corrected chi connectivity index (χ3v) is 1.03. The van der Waals surface area contributed by atoms with Crippen LogP contribution in [-0.2, 0) is 4.79 Å². The van der Waals surface area contributed by atoms with Gasteiger partial charge in [0.15, 0.2) is 12.4 Å². The lowest BCUT2D eigenvalue weighted by atomic mass is 10.4. The van der Waals surface area contributed by atoms with E-state index < -0.39 is 0 Å². The molecule has 3 nitrogen and oxygen atoms in total. The Bertz CT molecular complexity index is 220. The first-order chi connectivity index (χ1) is 4.79. The number of hydrogen-bond donors (Lipinski definition) is 1. The molecule has 3 heteroatoms. The summed E-state index contributed by atoms with van der Waals surface area (Å²) in [5.41, 5.74) is 0.787. The molecule has 1 aromatic heterocycles. The number of nitrogens with one attached hydrogen (secondary N) is 2. The number of aromatic nitrogens is 1. The fourth-order valence-electron chi connectivity index (χ4n) is 0.674. The first-order valence-electron chi connectivity index (χ1n) is 3.03. The lowest BCUT2D eigenvalue weighted by Crippen LogP contribution is -2.09. The van der Waals surface area contributed by atoms with Crippen molar-refractivity contribution < 1.29 is 9.78 Å². The fraction of sp³-hybridized carbons (Fsp3) is 0.143. The number of rotatable bonds is 1. The number of carbonyl (C=O) groups is 1. The second-order valence-corrected chi connectivity index (χ2v) is 1.97. The molecule has 0 aliphatic heterocycles. The predicted octanol–water partition coefficient (Wildman–Crippen LogP) is 0.459. The van der Waals surface area contributed by atoms with Gasteiger partial charge in [0, 0.05) is 13.0 Å². The third-order valence-electron chi connectivity index (χ3n) is 1.03. The standard InChI is InChI=1S/C7H8N2O/c1-6(10)9-7-3-2-4-8-5-7/h2-5H,1H3,(H,9,10)/p+1. The van der Waals surface area contributed by atoms with Gasteiger partial charge in [0.1, 0.15) is 5.69 Å². The van der Waals surface area contributed by atoms with Crippen molar-refractivity contribution in [2.45, 2.75) is 6.92 Å². The number of H-pyrrole nitrogens is 1. The molecule has 0 radical (unpaired) electrons. The van der Waals surface area contributed by atoms with Gasteiger partial charge in [-0.1, -0.05) is 0 Å². The van der Waals surface area contributed by atoms with Gasteiger partial charge in [0.25, 0.3) is 0 Å². The van der Waals surface area contributed by atoms with Crippen LogP contribution in [0.2, 0.25) is 0 Å². The highest BCUT2D eigenvalue weighted by Gasteiger charge is 1.94. The van der Waals surface area contributed by atoms with E-state index in [1.807, 2.05) is 12.1 Å². The van der Waals surface area contributed by atoms with E-state index in [1.165, 1.54) is 6.92 Å². The van der Waals surface area contributed by atoms with E-state index in [0.717, 1.165) is 5.69 Å². The molecule has 1 heterocycles. The maximum absolute atomic E-state index is 10.5. The van der Waals surface area contributed by atoms with Gasteiger partial charge in [0.2, 0.25) is 5.91 Å². The molecule has 0 aliphatic carbocycles. The number of hydrogen-bond acceptors (Lipinski definition) is 1. The maximum Gasteiger partial charge on any atom is 0.221 e. The number of pyridine rings is 1. The van der Waals surface area contributed by atoms with Gasteiger partial charge in [-0.05, 0) is 6.07 Å². The van der Waals surface area contributed by atoms with Crippen LogP contribution in [-0.4, -0.2) is 5.91 Å². The van der Waals surface area contributed by atoms with Crippen LogP contribution in [0.5, 0.6) is 0 Å². The summed E-state index contributed by atoms with van der Waals surface area (Å²) in [6.07, 6.45) is 3.51. The van der Waals surface area contributed by atoms with Crippen molar-refractivity contribution in [2.24, 2.45) is 0 Å². The molecule has 0 bridgehead atoms. The molecule has 0 atom stereocenters. The van der Waals surface area contributed by atoms with Crippen LogP contribution in [0.3, 0.4) is 0 Å². The van der Waals surface area contributed by atoms with Crippen LogP contribution in [0, 0.1) is 0 Å². The molecule has 1 rings (SSSR count). The lowest BCUT2D eigenvalue weighted by Gasteiger charge is -1.94. The molecule has 0 aliphatic rings. The van der Waals surface area contributed by atoms with Crippen molar-refractivity contribution in [1.29, 1.82) is 0 Å². The average molecular weight is 137 g/mol. The highest BCUT2D eigenvalue weighted by atomic mass is 16.1. The summed E-state index contributed by atoms with van der Waals surface area (Å²) in [5.74, 6) is -0.0559. The highest BCUT2D eigenvalue weighted by molar-refractivity contribution is 5.88. The van der Waals surface area contributed by atoms with Gasteiger partial charge < -0.3 is 5.32 Å². The number of carbonyl (C=O) groups excluding carboxylic acids is 1. The quantitative estimate of drug-likeness (QED) is 0.600. The van der Waals surface area contributed by atoms with Crippen LogP contribution >= 0.6 is 0 Å².